The molecule has 0 aliphatic carbocycles. The smallest absolute Gasteiger partial charge is 0.262 e. The van der Waals surface area contributed by atoms with E-state index in [2.05, 4.69) is 4.98 Å². The van der Waals surface area contributed by atoms with Crippen LogP contribution in [0.5, 0.6) is 0 Å². The highest BCUT2D eigenvalue weighted by atomic mass is 16.5. The first-order valence-corrected chi connectivity index (χ1v) is 8.18. The number of carbonyl (C=O) groups excluding carboxylic acids is 2. The van der Waals surface area contributed by atoms with Crippen LogP contribution in [0, 0.1) is 0 Å². The van der Waals surface area contributed by atoms with E-state index in [0.717, 1.165) is 16.3 Å². The van der Waals surface area contributed by atoms with Crippen molar-refractivity contribution < 1.29 is 14.3 Å². The third kappa shape index (κ3) is 2.24. The molecule has 0 unspecified atom stereocenters. The Morgan fingerprint density at radius 1 is 1.12 bits per heavy atom. The molecule has 24 heavy (non-hydrogen) atoms. The van der Waals surface area contributed by atoms with Gasteiger partial charge in [0.25, 0.3) is 11.8 Å². The highest BCUT2D eigenvalue weighted by Crippen LogP contribution is 2.35. The van der Waals surface area contributed by atoms with Gasteiger partial charge in [0, 0.05) is 42.6 Å². The molecule has 5 nitrogen and oxygen atoms in total. The third-order valence-electron chi connectivity index (χ3n) is 4.85. The normalized spacial score (nSPS) is 19.6. The fraction of sp³-hybridized carbons (Fsp3) is 0.316. The standard InChI is InChI=1S/C19H18N2O3/c1-12-17(16-4-2-3-13-11-20-8-5-15(13)16)19(23)21(18(12)22)14-6-9-24-10-7-14/h2-5,8,11,14H,6-7,9-10H2,1H3. The summed E-state index contributed by atoms with van der Waals surface area (Å²) >= 11 is 0. The van der Waals surface area contributed by atoms with Gasteiger partial charge in [-0.2, -0.15) is 0 Å². The Morgan fingerprint density at radius 2 is 1.92 bits per heavy atom. The van der Waals surface area contributed by atoms with Crippen LogP contribution in [0.25, 0.3) is 16.3 Å². The molecule has 122 valence electrons. The number of aromatic nitrogens is 1. The number of carbonyl (C=O) groups is 2. The molecule has 0 N–H and O–H groups in total. The lowest BCUT2D eigenvalue weighted by molar-refractivity contribution is -0.141. The molecule has 0 atom stereocenters. The van der Waals surface area contributed by atoms with Gasteiger partial charge in [-0.3, -0.25) is 19.5 Å². The second-order valence-electron chi connectivity index (χ2n) is 6.23. The van der Waals surface area contributed by atoms with E-state index in [4.69, 9.17) is 4.74 Å². The lowest BCUT2D eigenvalue weighted by atomic mass is 9.97. The Kier molecular flexibility index (Phi) is 3.65. The number of imide groups is 1. The van der Waals surface area contributed by atoms with E-state index in [1.807, 2.05) is 24.3 Å². The van der Waals surface area contributed by atoms with E-state index in [9.17, 15) is 9.59 Å². The average Bonchev–Trinajstić information content (AvgIpc) is 2.84. The number of rotatable bonds is 2. The molecule has 5 heteroatoms. The zero-order valence-electron chi connectivity index (χ0n) is 13.5. The Bertz CT molecular complexity index is 861. The predicted molar refractivity (Wildman–Crippen MR) is 90.0 cm³/mol. The fourth-order valence-electron chi connectivity index (χ4n) is 3.59. The maximum atomic E-state index is 13.1. The molecule has 0 radical (unpaired) electrons. The molecule has 2 aromatic rings. The fourth-order valence-corrected chi connectivity index (χ4v) is 3.59. The van der Waals surface area contributed by atoms with Crippen LogP contribution in [0.4, 0.5) is 0 Å². The summed E-state index contributed by atoms with van der Waals surface area (Å²) in [5, 5.41) is 1.90. The lowest BCUT2D eigenvalue weighted by Gasteiger charge is -2.30. The molecule has 2 aliphatic rings. The molecule has 1 aromatic heterocycles. The van der Waals surface area contributed by atoms with E-state index in [-0.39, 0.29) is 17.9 Å². The number of benzene rings is 1. The Balaban J connectivity index is 1.80. The van der Waals surface area contributed by atoms with Gasteiger partial charge >= 0.3 is 0 Å². The summed E-state index contributed by atoms with van der Waals surface area (Å²) in [7, 11) is 0. The SMILES string of the molecule is CC1=C(c2cccc3cnccc23)C(=O)N(C2CCOCC2)C1=O. The van der Waals surface area contributed by atoms with Crippen LogP contribution in [0.15, 0.2) is 42.2 Å². The van der Waals surface area contributed by atoms with Crippen LogP contribution in [0.1, 0.15) is 25.3 Å². The van der Waals surface area contributed by atoms with Gasteiger partial charge in [-0.15, -0.1) is 0 Å². The number of nitrogens with zero attached hydrogens (tertiary/aromatic N) is 2. The van der Waals surface area contributed by atoms with Gasteiger partial charge in [-0.25, -0.2) is 0 Å². The van der Waals surface area contributed by atoms with Crippen molar-refractivity contribution in [3.05, 3.63) is 47.8 Å². The van der Waals surface area contributed by atoms with Crippen LogP contribution in [0.2, 0.25) is 0 Å². The van der Waals surface area contributed by atoms with Gasteiger partial charge < -0.3 is 4.74 Å². The molecular weight excluding hydrogens is 304 g/mol. The molecule has 0 bridgehead atoms. The first-order chi connectivity index (χ1) is 11.7. The van der Waals surface area contributed by atoms with E-state index in [1.165, 1.54) is 4.90 Å². The number of amides is 2. The van der Waals surface area contributed by atoms with E-state index >= 15 is 0 Å². The Labute approximate surface area is 139 Å². The molecule has 1 aromatic carbocycles. The second-order valence-corrected chi connectivity index (χ2v) is 6.23. The van der Waals surface area contributed by atoms with Crippen molar-refractivity contribution in [1.29, 1.82) is 0 Å². The molecular formula is C19H18N2O3. The molecule has 4 rings (SSSR count). The van der Waals surface area contributed by atoms with Gasteiger partial charge in [-0.1, -0.05) is 18.2 Å². The zero-order valence-corrected chi connectivity index (χ0v) is 13.5. The van der Waals surface area contributed by atoms with Crippen LogP contribution >= 0.6 is 0 Å². The highest BCUT2D eigenvalue weighted by Gasteiger charge is 2.41. The van der Waals surface area contributed by atoms with Crippen LogP contribution < -0.4 is 0 Å². The molecule has 0 saturated carbocycles. The molecule has 1 saturated heterocycles. The number of fused-ring (bicyclic) bond motifs is 1. The quantitative estimate of drug-likeness (QED) is 0.797. The first-order valence-electron chi connectivity index (χ1n) is 8.18. The summed E-state index contributed by atoms with van der Waals surface area (Å²) in [6.07, 6.45) is 4.89. The van der Waals surface area contributed by atoms with Crippen molar-refractivity contribution in [2.24, 2.45) is 0 Å². The number of pyridine rings is 1. The lowest BCUT2D eigenvalue weighted by Crippen LogP contribution is -2.44. The summed E-state index contributed by atoms with van der Waals surface area (Å²) in [6.45, 7) is 2.93. The van der Waals surface area contributed by atoms with E-state index in [0.29, 0.717) is 37.2 Å². The van der Waals surface area contributed by atoms with Crippen LogP contribution in [-0.4, -0.2) is 41.0 Å². The van der Waals surface area contributed by atoms with Crippen molar-refractivity contribution in [2.75, 3.05) is 13.2 Å². The number of hydrogen-bond donors (Lipinski definition) is 0. The minimum atomic E-state index is -0.186. The Hall–Kier alpha value is -2.53. The van der Waals surface area contributed by atoms with Crippen LogP contribution in [0.3, 0.4) is 0 Å². The maximum Gasteiger partial charge on any atom is 0.262 e. The van der Waals surface area contributed by atoms with E-state index in [1.54, 1.807) is 19.3 Å². The summed E-state index contributed by atoms with van der Waals surface area (Å²) < 4.78 is 5.36. The topological polar surface area (TPSA) is 59.5 Å². The second kappa shape index (κ2) is 5.83. The molecule has 1 fully saturated rings. The predicted octanol–water partition coefficient (Wildman–Crippen LogP) is 2.56. The van der Waals surface area contributed by atoms with E-state index < -0.39 is 0 Å². The van der Waals surface area contributed by atoms with Gasteiger partial charge in [0.1, 0.15) is 0 Å². The first kappa shape index (κ1) is 15.0. The Morgan fingerprint density at radius 3 is 2.71 bits per heavy atom. The highest BCUT2D eigenvalue weighted by molar-refractivity contribution is 6.37. The minimum Gasteiger partial charge on any atom is -0.381 e. The monoisotopic (exact) mass is 322 g/mol. The average molecular weight is 322 g/mol. The van der Waals surface area contributed by atoms with Crippen LogP contribution in [-0.2, 0) is 14.3 Å². The van der Waals surface area contributed by atoms with Crippen molar-refractivity contribution in [2.45, 2.75) is 25.8 Å². The van der Waals surface area contributed by atoms with Gasteiger partial charge in [0.05, 0.1) is 5.57 Å². The van der Waals surface area contributed by atoms with Gasteiger partial charge in [0.15, 0.2) is 0 Å². The third-order valence-corrected chi connectivity index (χ3v) is 4.85. The van der Waals surface area contributed by atoms with Crippen molar-refractivity contribution >= 4 is 28.2 Å². The van der Waals surface area contributed by atoms with Crippen molar-refractivity contribution in [3.8, 4) is 0 Å². The number of ether oxygens (including phenoxy) is 1. The maximum absolute atomic E-state index is 13.1. The molecule has 3 heterocycles. The van der Waals surface area contributed by atoms with Gasteiger partial charge in [0.2, 0.25) is 0 Å². The molecule has 2 aliphatic heterocycles. The molecule has 0 spiro atoms. The zero-order chi connectivity index (χ0) is 16.7. The van der Waals surface area contributed by atoms with Gasteiger partial charge in [-0.05, 0) is 36.8 Å². The van der Waals surface area contributed by atoms with Crippen molar-refractivity contribution in [1.82, 2.24) is 9.88 Å². The minimum absolute atomic E-state index is 0.0668. The van der Waals surface area contributed by atoms with Crippen molar-refractivity contribution in [3.63, 3.8) is 0 Å². The summed E-state index contributed by atoms with van der Waals surface area (Å²) in [4.78, 5) is 31.4. The largest absolute Gasteiger partial charge is 0.381 e. The number of hydrogen-bond acceptors (Lipinski definition) is 4. The summed E-state index contributed by atoms with van der Waals surface area (Å²) in [5.74, 6) is -0.360. The summed E-state index contributed by atoms with van der Waals surface area (Å²) in [6, 6.07) is 7.58. The summed E-state index contributed by atoms with van der Waals surface area (Å²) in [5.41, 5.74) is 1.85. The molecule has 2 amide bonds.